The number of aliphatic carboxylic acids is 1. The van der Waals surface area contributed by atoms with Crippen LogP contribution in [0, 0.1) is 19.8 Å². The molecule has 0 aliphatic rings. The second-order valence-corrected chi connectivity index (χ2v) is 5.51. The van der Waals surface area contributed by atoms with Gasteiger partial charge < -0.3 is 10.4 Å². The van der Waals surface area contributed by atoms with E-state index in [1.54, 1.807) is 32.9 Å². The second-order valence-electron chi connectivity index (χ2n) is 5.51. The molecule has 2 N–H and O–H groups in total. The Bertz CT molecular complexity index is 726. The van der Waals surface area contributed by atoms with Gasteiger partial charge in [-0.2, -0.15) is 0 Å². The zero-order valence-corrected chi connectivity index (χ0v) is 13.3. The fourth-order valence-corrected chi connectivity index (χ4v) is 2.17. The maximum absolute atomic E-state index is 12.2. The van der Waals surface area contributed by atoms with Crippen LogP contribution >= 0.6 is 0 Å². The van der Waals surface area contributed by atoms with Gasteiger partial charge in [0.2, 0.25) is 0 Å². The van der Waals surface area contributed by atoms with E-state index in [-0.39, 0.29) is 5.91 Å². The van der Waals surface area contributed by atoms with Gasteiger partial charge in [0.15, 0.2) is 0 Å². The van der Waals surface area contributed by atoms with E-state index >= 15 is 0 Å². The van der Waals surface area contributed by atoms with E-state index in [0.29, 0.717) is 29.2 Å². The van der Waals surface area contributed by atoms with Gasteiger partial charge in [0.1, 0.15) is 5.82 Å². The van der Waals surface area contributed by atoms with Crippen LogP contribution in [-0.2, 0) is 11.2 Å². The number of aryl methyl sites for hydroxylation is 2. The number of benzene rings is 1. The number of carboxylic acid groups (broad SMARTS) is 1. The Morgan fingerprint density at radius 1 is 1.22 bits per heavy atom. The molecule has 2 rings (SSSR count). The van der Waals surface area contributed by atoms with Gasteiger partial charge >= 0.3 is 5.97 Å². The molecule has 1 amide bonds. The Morgan fingerprint density at radius 3 is 2.43 bits per heavy atom. The van der Waals surface area contributed by atoms with Crippen molar-refractivity contribution in [2.24, 2.45) is 5.92 Å². The molecule has 1 aromatic carbocycles. The van der Waals surface area contributed by atoms with E-state index in [4.69, 9.17) is 5.11 Å². The van der Waals surface area contributed by atoms with Crippen LogP contribution in [0.4, 0.5) is 5.69 Å². The predicted molar refractivity (Wildman–Crippen MR) is 86.4 cm³/mol. The molecule has 0 saturated carbocycles. The Hall–Kier alpha value is -2.76. The lowest BCUT2D eigenvalue weighted by Gasteiger charge is -2.09. The highest BCUT2D eigenvalue weighted by Crippen LogP contribution is 2.15. The van der Waals surface area contributed by atoms with E-state index in [9.17, 15) is 9.59 Å². The van der Waals surface area contributed by atoms with Crippen molar-refractivity contribution < 1.29 is 14.7 Å². The maximum atomic E-state index is 12.2. The summed E-state index contributed by atoms with van der Waals surface area (Å²) < 4.78 is 0. The molecule has 0 bridgehead atoms. The Morgan fingerprint density at radius 2 is 1.87 bits per heavy atom. The smallest absolute Gasteiger partial charge is 0.306 e. The number of aromatic nitrogens is 2. The molecule has 120 valence electrons. The van der Waals surface area contributed by atoms with Crippen molar-refractivity contribution in [2.75, 3.05) is 5.32 Å². The standard InChI is InChI=1S/C17H19N3O3/c1-10(17(22)23)8-13-4-6-14(7-5-13)20-16(21)15-9-18-12(3)19-11(15)2/h4-7,9-10H,8H2,1-3H3,(H,20,21)(H,22,23). The average molecular weight is 313 g/mol. The molecule has 0 radical (unpaired) electrons. The monoisotopic (exact) mass is 313 g/mol. The third-order valence-electron chi connectivity index (χ3n) is 3.52. The summed E-state index contributed by atoms with van der Waals surface area (Å²) in [5, 5.41) is 11.7. The van der Waals surface area contributed by atoms with Crippen molar-refractivity contribution in [3.05, 3.63) is 53.1 Å². The topological polar surface area (TPSA) is 92.2 Å². The number of anilines is 1. The van der Waals surface area contributed by atoms with E-state index in [0.717, 1.165) is 5.56 Å². The van der Waals surface area contributed by atoms with E-state index in [1.807, 2.05) is 12.1 Å². The number of amides is 1. The SMILES string of the molecule is Cc1ncc(C(=O)Nc2ccc(CC(C)C(=O)O)cc2)c(C)n1. The van der Waals surface area contributed by atoms with Crippen LogP contribution in [0.1, 0.15) is 34.4 Å². The third kappa shape index (κ3) is 4.35. The number of hydrogen-bond acceptors (Lipinski definition) is 4. The van der Waals surface area contributed by atoms with Gasteiger partial charge in [-0.25, -0.2) is 9.97 Å². The third-order valence-corrected chi connectivity index (χ3v) is 3.52. The van der Waals surface area contributed by atoms with Crippen LogP contribution in [0.5, 0.6) is 0 Å². The minimum Gasteiger partial charge on any atom is -0.481 e. The summed E-state index contributed by atoms with van der Waals surface area (Å²) in [6, 6.07) is 7.14. The summed E-state index contributed by atoms with van der Waals surface area (Å²) >= 11 is 0. The van der Waals surface area contributed by atoms with Crippen molar-refractivity contribution in [3.8, 4) is 0 Å². The Balaban J connectivity index is 2.05. The van der Waals surface area contributed by atoms with Crippen molar-refractivity contribution in [1.82, 2.24) is 9.97 Å². The first-order valence-electron chi connectivity index (χ1n) is 7.30. The fraction of sp³-hybridized carbons (Fsp3) is 0.294. The van der Waals surface area contributed by atoms with Crippen LogP contribution in [0.15, 0.2) is 30.5 Å². The Labute approximate surface area is 134 Å². The zero-order valence-electron chi connectivity index (χ0n) is 13.3. The first-order valence-corrected chi connectivity index (χ1v) is 7.30. The molecule has 23 heavy (non-hydrogen) atoms. The largest absolute Gasteiger partial charge is 0.481 e. The summed E-state index contributed by atoms with van der Waals surface area (Å²) in [5.41, 5.74) is 2.61. The van der Waals surface area contributed by atoms with Gasteiger partial charge in [-0.1, -0.05) is 19.1 Å². The lowest BCUT2D eigenvalue weighted by Crippen LogP contribution is -2.15. The van der Waals surface area contributed by atoms with E-state index in [2.05, 4.69) is 15.3 Å². The number of nitrogens with one attached hydrogen (secondary N) is 1. The highest BCUT2D eigenvalue weighted by atomic mass is 16.4. The minimum absolute atomic E-state index is 0.269. The van der Waals surface area contributed by atoms with Crippen molar-refractivity contribution in [2.45, 2.75) is 27.2 Å². The lowest BCUT2D eigenvalue weighted by molar-refractivity contribution is -0.141. The highest BCUT2D eigenvalue weighted by molar-refractivity contribution is 6.04. The van der Waals surface area contributed by atoms with Crippen LogP contribution < -0.4 is 5.32 Å². The van der Waals surface area contributed by atoms with Crippen molar-refractivity contribution >= 4 is 17.6 Å². The van der Waals surface area contributed by atoms with Gasteiger partial charge in [0.05, 0.1) is 17.2 Å². The molecule has 0 fully saturated rings. The second kappa shape index (κ2) is 7.00. The minimum atomic E-state index is -0.822. The number of nitrogens with zero attached hydrogens (tertiary/aromatic N) is 2. The molecule has 1 atom stereocenters. The molecule has 0 spiro atoms. The van der Waals surface area contributed by atoms with Crippen LogP contribution in [0.25, 0.3) is 0 Å². The van der Waals surface area contributed by atoms with Gasteiger partial charge in [-0.3, -0.25) is 9.59 Å². The van der Waals surface area contributed by atoms with E-state index < -0.39 is 11.9 Å². The first kappa shape index (κ1) is 16.6. The number of hydrogen-bond donors (Lipinski definition) is 2. The van der Waals surface area contributed by atoms with Gasteiger partial charge in [-0.05, 0) is 38.0 Å². The molecule has 0 aliphatic carbocycles. The summed E-state index contributed by atoms with van der Waals surface area (Å²) in [7, 11) is 0. The normalized spacial score (nSPS) is 11.8. The van der Waals surface area contributed by atoms with Gasteiger partial charge in [0, 0.05) is 11.9 Å². The number of carbonyl (C=O) groups excluding carboxylic acids is 1. The molecule has 6 nitrogen and oxygen atoms in total. The molecular weight excluding hydrogens is 294 g/mol. The molecular formula is C17H19N3O3. The van der Waals surface area contributed by atoms with Crippen LogP contribution in [0.3, 0.4) is 0 Å². The zero-order chi connectivity index (χ0) is 17.0. The highest BCUT2D eigenvalue weighted by Gasteiger charge is 2.13. The van der Waals surface area contributed by atoms with Crippen molar-refractivity contribution in [1.29, 1.82) is 0 Å². The molecule has 0 saturated heterocycles. The number of carboxylic acids is 1. The van der Waals surface area contributed by atoms with Crippen LogP contribution in [0.2, 0.25) is 0 Å². The summed E-state index contributed by atoms with van der Waals surface area (Å²) in [4.78, 5) is 31.3. The maximum Gasteiger partial charge on any atom is 0.306 e. The summed E-state index contributed by atoms with van der Waals surface area (Å²) in [6.45, 7) is 5.20. The summed E-state index contributed by atoms with van der Waals surface area (Å²) in [5.74, 6) is -0.912. The number of rotatable bonds is 5. The molecule has 0 aliphatic heterocycles. The Kier molecular flexibility index (Phi) is 5.05. The first-order chi connectivity index (χ1) is 10.9. The van der Waals surface area contributed by atoms with Crippen LogP contribution in [-0.4, -0.2) is 27.0 Å². The predicted octanol–water partition coefficient (Wildman–Crippen LogP) is 2.61. The molecule has 2 aromatic rings. The van der Waals surface area contributed by atoms with Gasteiger partial charge in [-0.15, -0.1) is 0 Å². The van der Waals surface area contributed by atoms with Crippen molar-refractivity contribution in [3.63, 3.8) is 0 Å². The fourth-order valence-electron chi connectivity index (χ4n) is 2.17. The van der Waals surface area contributed by atoms with Gasteiger partial charge in [0.25, 0.3) is 5.91 Å². The molecule has 6 heteroatoms. The molecule has 1 heterocycles. The number of carbonyl (C=O) groups is 2. The lowest BCUT2D eigenvalue weighted by atomic mass is 10.0. The summed E-state index contributed by atoms with van der Waals surface area (Å²) in [6.07, 6.45) is 1.96. The molecule has 1 unspecified atom stereocenters. The van der Waals surface area contributed by atoms with E-state index in [1.165, 1.54) is 6.20 Å². The average Bonchev–Trinajstić information content (AvgIpc) is 2.48. The molecule has 1 aromatic heterocycles. The quantitative estimate of drug-likeness (QED) is 0.885.